The van der Waals surface area contributed by atoms with Gasteiger partial charge in [0.15, 0.2) is 22.9 Å². The Hall–Kier alpha value is -4.32. The smallest absolute Gasteiger partial charge is 0.358 e. The topological polar surface area (TPSA) is 140 Å². The first-order chi connectivity index (χ1) is 13.6. The number of nitrogens with zero attached hydrogens (tertiary/aromatic N) is 5. The number of carboxylic acid groups (broad SMARTS) is 1. The van der Waals surface area contributed by atoms with Crippen molar-refractivity contribution in [1.82, 2.24) is 25.1 Å². The van der Waals surface area contributed by atoms with E-state index in [1.165, 1.54) is 6.20 Å². The van der Waals surface area contributed by atoms with Gasteiger partial charge in [0.1, 0.15) is 6.07 Å². The number of carboxylic acids is 1. The molecule has 0 aliphatic heterocycles. The Bertz CT molecular complexity index is 1210. The molecule has 0 saturated heterocycles. The van der Waals surface area contributed by atoms with Crippen molar-refractivity contribution in [1.29, 1.82) is 5.26 Å². The van der Waals surface area contributed by atoms with Crippen LogP contribution >= 0.6 is 0 Å². The fraction of sp³-hybridized carbons (Fsp3) is 0.0526. The molecule has 0 atom stereocenters. The van der Waals surface area contributed by atoms with E-state index in [4.69, 9.17) is 5.26 Å². The number of hydrogen-bond donors (Lipinski definition) is 3. The highest BCUT2D eigenvalue weighted by Crippen LogP contribution is 2.22. The molecule has 136 valence electrons. The molecule has 0 bridgehead atoms. The molecule has 4 aromatic rings. The largest absolute Gasteiger partial charge is 0.476 e. The lowest BCUT2D eigenvalue weighted by Gasteiger charge is -2.09. The molecule has 0 fully saturated rings. The Kier molecular flexibility index (Phi) is 4.35. The number of H-pyrrole nitrogens is 1. The van der Waals surface area contributed by atoms with E-state index < -0.39 is 5.97 Å². The minimum Gasteiger partial charge on any atom is -0.476 e. The van der Waals surface area contributed by atoms with Crippen molar-refractivity contribution in [2.45, 2.75) is 6.54 Å². The van der Waals surface area contributed by atoms with Crippen LogP contribution in [0.15, 0.2) is 48.9 Å². The van der Waals surface area contributed by atoms with Crippen LogP contribution in [0, 0.1) is 11.3 Å². The highest BCUT2D eigenvalue weighted by molar-refractivity contribution is 5.90. The molecule has 0 aliphatic rings. The quantitative estimate of drug-likeness (QED) is 0.486. The fourth-order valence-electron chi connectivity index (χ4n) is 2.72. The molecule has 0 spiro atoms. The van der Waals surface area contributed by atoms with Gasteiger partial charge in [0.25, 0.3) is 0 Å². The van der Waals surface area contributed by atoms with E-state index in [-0.39, 0.29) is 17.2 Å². The second kappa shape index (κ2) is 7.13. The normalized spacial score (nSPS) is 10.5. The van der Waals surface area contributed by atoms with Crippen LogP contribution in [0.1, 0.15) is 21.7 Å². The number of carbonyl (C=O) groups is 1. The van der Waals surface area contributed by atoms with Crippen molar-refractivity contribution in [3.63, 3.8) is 0 Å². The van der Waals surface area contributed by atoms with Gasteiger partial charge in [-0.2, -0.15) is 10.4 Å². The molecule has 9 heteroatoms. The van der Waals surface area contributed by atoms with Crippen molar-refractivity contribution < 1.29 is 9.90 Å². The summed E-state index contributed by atoms with van der Waals surface area (Å²) in [5.74, 6) is -1.13. The van der Waals surface area contributed by atoms with Gasteiger partial charge < -0.3 is 10.4 Å². The Morgan fingerprint density at radius 2 is 1.96 bits per heavy atom. The molecule has 0 radical (unpaired) electrons. The number of aromatic nitrogens is 5. The van der Waals surface area contributed by atoms with Crippen molar-refractivity contribution in [3.8, 4) is 17.2 Å². The highest BCUT2D eigenvalue weighted by Gasteiger charge is 2.14. The van der Waals surface area contributed by atoms with Gasteiger partial charge in [-0.15, -0.1) is 0 Å². The molecular formula is C19H13N7O2. The monoisotopic (exact) mass is 371 g/mol. The van der Waals surface area contributed by atoms with Crippen LogP contribution in [0.5, 0.6) is 0 Å². The number of anilines is 1. The zero-order valence-electron chi connectivity index (χ0n) is 14.4. The first-order valence-electron chi connectivity index (χ1n) is 8.27. The van der Waals surface area contributed by atoms with E-state index in [1.54, 1.807) is 18.5 Å². The highest BCUT2D eigenvalue weighted by atomic mass is 16.4. The van der Waals surface area contributed by atoms with Crippen LogP contribution in [-0.2, 0) is 6.54 Å². The number of hydrogen-bond acceptors (Lipinski definition) is 7. The molecule has 0 unspecified atom stereocenters. The second-order valence-corrected chi connectivity index (χ2v) is 5.95. The summed E-state index contributed by atoms with van der Waals surface area (Å²) in [6.45, 7) is 0.361. The second-order valence-electron chi connectivity index (χ2n) is 5.95. The van der Waals surface area contributed by atoms with E-state index in [0.29, 0.717) is 6.54 Å². The molecule has 3 N–H and O–H groups in total. The summed E-state index contributed by atoms with van der Waals surface area (Å²) in [4.78, 5) is 23.4. The lowest BCUT2D eigenvalue weighted by Crippen LogP contribution is -2.11. The molecule has 0 amide bonds. The Balaban J connectivity index is 1.51. The van der Waals surface area contributed by atoms with Gasteiger partial charge in [-0.05, 0) is 17.2 Å². The van der Waals surface area contributed by atoms with Crippen LogP contribution in [0.3, 0.4) is 0 Å². The van der Waals surface area contributed by atoms with Gasteiger partial charge >= 0.3 is 5.97 Å². The molecular weight excluding hydrogens is 358 g/mol. The van der Waals surface area contributed by atoms with Crippen LogP contribution in [0.2, 0.25) is 0 Å². The maximum absolute atomic E-state index is 11.3. The van der Waals surface area contributed by atoms with Crippen molar-refractivity contribution >= 4 is 22.8 Å². The third-order valence-corrected chi connectivity index (χ3v) is 4.13. The Labute approximate surface area is 158 Å². The lowest BCUT2D eigenvalue weighted by molar-refractivity contribution is 0.0691. The van der Waals surface area contributed by atoms with E-state index >= 15 is 0 Å². The Morgan fingerprint density at radius 3 is 2.71 bits per heavy atom. The number of aromatic carboxylic acids is 1. The first kappa shape index (κ1) is 17.1. The minimum atomic E-state index is -1.25. The summed E-state index contributed by atoms with van der Waals surface area (Å²) in [5, 5.41) is 28.7. The van der Waals surface area contributed by atoms with E-state index in [2.05, 4.69) is 30.5 Å². The number of nitriles is 1. The summed E-state index contributed by atoms with van der Waals surface area (Å²) in [6.07, 6.45) is 4.74. The van der Waals surface area contributed by atoms with Gasteiger partial charge in [0, 0.05) is 23.7 Å². The van der Waals surface area contributed by atoms with Crippen LogP contribution in [0.4, 0.5) is 5.82 Å². The SMILES string of the molecule is N#Cc1cnc(NCc2ccc(-c3cnc4[nH]ncc4c3)cc2)c(C(=O)O)n1. The van der Waals surface area contributed by atoms with Gasteiger partial charge in [0.05, 0.1) is 12.4 Å². The van der Waals surface area contributed by atoms with Crippen molar-refractivity contribution in [3.05, 3.63) is 65.9 Å². The minimum absolute atomic E-state index is 0.0458. The standard InChI is InChI=1S/C19H13N7O2/c20-6-15-10-23-18(16(25-15)19(27)28)21-7-11-1-3-12(4-2-11)13-5-14-9-24-26-17(14)22-8-13/h1-5,8-10H,7H2,(H,21,23)(H,27,28)(H,22,24,26). The average Bonchev–Trinajstić information content (AvgIpc) is 3.20. The predicted octanol–water partition coefficient (Wildman–Crippen LogP) is 2.60. The number of benzene rings is 1. The fourth-order valence-corrected chi connectivity index (χ4v) is 2.72. The molecule has 3 heterocycles. The number of pyridine rings is 1. The van der Waals surface area contributed by atoms with Crippen LogP contribution in [0.25, 0.3) is 22.2 Å². The third-order valence-electron chi connectivity index (χ3n) is 4.13. The summed E-state index contributed by atoms with van der Waals surface area (Å²) in [6, 6.07) is 11.6. The van der Waals surface area contributed by atoms with E-state index in [0.717, 1.165) is 27.7 Å². The molecule has 28 heavy (non-hydrogen) atoms. The summed E-state index contributed by atoms with van der Waals surface area (Å²) >= 11 is 0. The number of aromatic amines is 1. The van der Waals surface area contributed by atoms with Gasteiger partial charge in [-0.1, -0.05) is 24.3 Å². The molecule has 1 aromatic carbocycles. The molecule has 9 nitrogen and oxygen atoms in total. The van der Waals surface area contributed by atoms with Gasteiger partial charge in [0.2, 0.25) is 0 Å². The summed E-state index contributed by atoms with van der Waals surface area (Å²) < 4.78 is 0. The Morgan fingerprint density at radius 1 is 1.14 bits per heavy atom. The van der Waals surface area contributed by atoms with Gasteiger partial charge in [-0.25, -0.2) is 19.7 Å². The molecule has 4 rings (SSSR count). The van der Waals surface area contributed by atoms with Gasteiger partial charge in [-0.3, -0.25) is 5.10 Å². The van der Waals surface area contributed by atoms with Crippen LogP contribution < -0.4 is 5.32 Å². The average molecular weight is 371 g/mol. The number of fused-ring (bicyclic) bond motifs is 1. The maximum atomic E-state index is 11.3. The first-order valence-corrected chi connectivity index (χ1v) is 8.27. The van der Waals surface area contributed by atoms with Crippen molar-refractivity contribution in [2.75, 3.05) is 5.32 Å². The summed E-state index contributed by atoms with van der Waals surface area (Å²) in [7, 11) is 0. The molecule has 3 aromatic heterocycles. The van der Waals surface area contributed by atoms with Crippen molar-refractivity contribution in [2.24, 2.45) is 0 Å². The zero-order chi connectivity index (χ0) is 19.5. The number of rotatable bonds is 5. The van der Waals surface area contributed by atoms with E-state index in [1.807, 2.05) is 30.3 Å². The predicted molar refractivity (Wildman–Crippen MR) is 100 cm³/mol. The molecule has 0 saturated carbocycles. The number of nitrogens with one attached hydrogen (secondary N) is 2. The summed E-state index contributed by atoms with van der Waals surface area (Å²) in [5.41, 5.74) is 3.32. The maximum Gasteiger partial charge on any atom is 0.358 e. The van der Waals surface area contributed by atoms with Crippen LogP contribution in [-0.4, -0.2) is 36.2 Å². The lowest BCUT2D eigenvalue weighted by atomic mass is 10.0. The molecule has 0 aliphatic carbocycles. The van der Waals surface area contributed by atoms with E-state index in [9.17, 15) is 9.90 Å². The zero-order valence-corrected chi connectivity index (χ0v) is 14.4. The third kappa shape index (κ3) is 3.34.